The standard InChI is InChI=1S/C16H20N4OS/c1-10-4-5-14(21-10)16-13(9-18-20-16)8-17-7-6-15-11(2)19-12(3)22-15/h4-5,9,17H,6-8H2,1-3H3,(H,18,20). The Morgan fingerprint density at radius 3 is 2.82 bits per heavy atom. The molecule has 0 amide bonds. The van der Waals surface area contributed by atoms with Crippen LogP contribution < -0.4 is 5.32 Å². The molecule has 0 aliphatic heterocycles. The summed E-state index contributed by atoms with van der Waals surface area (Å²) in [4.78, 5) is 5.82. The summed E-state index contributed by atoms with van der Waals surface area (Å²) in [6.45, 7) is 7.76. The molecule has 0 atom stereocenters. The van der Waals surface area contributed by atoms with Crippen molar-refractivity contribution < 1.29 is 4.42 Å². The SMILES string of the molecule is Cc1ccc(-c2[nH]ncc2CNCCc2sc(C)nc2C)o1. The van der Waals surface area contributed by atoms with Crippen LogP contribution in [0.2, 0.25) is 0 Å². The van der Waals surface area contributed by atoms with Crippen LogP contribution in [0, 0.1) is 20.8 Å². The van der Waals surface area contributed by atoms with E-state index in [2.05, 4.69) is 34.3 Å². The Labute approximate surface area is 133 Å². The van der Waals surface area contributed by atoms with Gasteiger partial charge >= 0.3 is 0 Å². The molecule has 0 bridgehead atoms. The van der Waals surface area contributed by atoms with Gasteiger partial charge in [-0.05, 0) is 39.3 Å². The van der Waals surface area contributed by atoms with Gasteiger partial charge in [0.2, 0.25) is 0 Å². The van der Waals surface area contributed by atoms with Crippen molar-refractivity contribution in [3.63, 3.8) is 0 Å². The number of nitrogens with zero attached hydrogens (tertiary/aromatic N) is 2. The summed E-state index contributed by atoms with van der Waals surface area (Å²) in [6.07, 6.45) is 2.85. The largest absolute Gasteiger partial charge is 0.460 e. The average Bonchev–Trinajstić information content (AvgIpc) is 3.16. The van der Waals surface area contributed by atoms with E-state index in [1.807, 2.05) is 25.3 Å². The lowest BCUT2D eigenvalue weighted by Gasteiger charge is -2.04. The van der Waals surface area contributed by atoms with Crippen molar-refractivity contribution in [1.82, 2.24) is 20.5 Å². The van der Waals surface area contributed by atoms with Gasteiger partial charge in [0, 0.05) is 23.5 Å². The molecule has 0 spiro atoms. The van der Waals surface area contributed by atoms with Crippen molar-refractivity contribution in [2.45, 2.75) is 33.7 Å². The van der Waals surface area contributed by atoms with Crippen molar-refractivity contribution in [1.29, 1.82) is 0 Å². The van der Waals surface area contributed by atoms with Crippen LogP contribution >= 0.6 is 11.3 Å². The van der Waals surface area contributed by atoms with Crippen molar-refractivity contribution in [3.05, 3.63) is 45.2 Å². The highest BCUT2D eigenvalue weighted by molar-refractivity contribution is 7.11. The summed E-state index contributed by atoms with van der Waals surface area (Å²) in [5.74, 6) is 1.74. The third-order valence-electron chi connectivity index (χ3n) is 3.55. The number of aromatic nitrogens is 3. The maximum absolute atomic E-state index is 5.66. The minimum Gasteiger partial charge on any atom is -0.460 e. The number of aromatic amines is 1. The van der Waals surface area contributed by atoms with Gasteiger partial charge < -0.3 is 9.73 Å². The number of aryl methyl sites for hydroxylation is 3. The molecule has 22 heavy (non-hydrogen) atoms. The number of hydrogen-bond acceptors (Lipinski definition) is 5. The molecule has 116 valence electrons. The maximum atomic E-state index is 5.66. The van der Waals surface area contributed by atoms with E-state index in [9.17, 15) is 0 Å². The summed E-state index contributed by atoms with van der Waals surface area (Å²) < 4.78 is 5.66. The van der Waals surface area contributed by atoms with Gasteiger partial charge in [-0.3, -0.25) is 5.10 Å². The zero-order valence-corrected chi connectivity index (χ0v) is 13.9. The fourth-order valence-corrected chi connectivity index (χ4v) is 3.39. The molecule has 6 heteroatoms. The first-order valence-electron chi connectivity index (χ1n) is 7.36. The van der Waals surface area contributed by atoms with Crippen LogP contribution in [0.25, 0.3) is 11.5 Å². The minimum absolute atomic E-state index is 0.766. The van der Waals surface area contributed by atoms with Gasteiger partial charge in [-0.25, -0.2) is 4.98 Å². The van der Waals surface area contributed by atoms with Gasteiger partial charge in [-0.15, -0.1) is 11.3 Å². The Hall–Kier alpha value is -1.92. The normalized spacial score (nSPS) is 11.2. The van der Waals surface area contributed by atoms with Gasteiger partial charge in [0.1, 0.15) is 11.5 Å². The van der Waals surface area contributed by atoms with Crippen molar-refractivity contribution in [3.8, 4) is 11.5 Å². The first kappa shape index (κ1) is 15.0. The van der Waals surface area contributed by atoms with Crippen molar-refractivity contribution in [2.75, 3.05) is 6.54 Å². The highest BCUT2D eigenvalue weighted by atomic mass is 32.1. The summed E-state index contributed by atoms with van der Waals surface area (Å²) in [5, 5.41) is 11.7. The number of hydrogen-bond donors (Lipinski definition) is 2. The predicted octanol–water partition coefficient (Wildman–Crippen LogP) is 3.38. The van der Waals surface area contributed by atoms with E-state index in [1.165, 1.54) is 4.88 Å². The van der Waals surface area contributed by atoms with Crippen LogP contribution in [0.1, 0.15) is 26.9 Å². The maximum Gasteiger partial charge on any atom is 0.152 e. The topological polar surface area (TPSA) is 66.7 Å². The second-order valence-corrected chi connectivity index (χ2v) is 6.64. The monoisotopic (exact) mass is 316 g/mol. The second kappa shape index (κ2) is 6.46. The Bertz CT molecular complexity index is 756. The zero-order chi connectivity index (χ0) is 15.5. The van der Waals surface area contributed by atoms with Gasteiger partial charge in [-0.1, -0.05) is 0 Å². The third kappa shape index (κ3) is 3.28. The van der Waals surface area contributed by atoms with E-state index in [1.54, 1.807) is 11.3 Å². The molecule has 0 aromatic carbocycles. The van der Waals surface area contributed by atoms with Crippen LogP contribution in [-0.2, 0) is 13.0 Å². The molecule has 3 aromatic rings. The minimum atomic E-state index is 0.766. The van der Waals surface area contributed by atoms with E-state index in [0.717, 1.165) is 53.0 Å². The van der Waals surface area contributed by atoms with E-state index in [-0.39, 0.29) is 0 Å². The molecule has 3 rings (SSSR count). The fraction of sp³-hybridized carbons (Fsp3) is 0.375. The summed E-state index contributed by atoms with van der Waals surface area (Å²) in [7, 11) is 0. The lowest BCUT2D eigenvalue weighted by Crippen LogP contribution is -2.16. The average molecular weight is 316 g/mol. The Kier molecular flexibility index (Phi) is 4.40. The number of furan rings is 1. The first-order valence-corrected chi connectivity index (χ1v) is 8.18. The molecule has 5 nitrogen and oxygen atoms in total. The fourth-order valence-electron chi connectivity index (χ4n) is 2.46. The summed E-state index contributed by atoms with van der Waals surface area (Å²) in [6, 6.07) is 3.93. The predicted molar refractivity (Wildman–Crippen MR) is 88.0 cm³/mol. The van der Waals surface area contributed by atoms with Gasteiger partial charge in [0.05, 0.1) is 16.9 Å². The Balaban J connectivity index is 1.56. The lowest BCUT2D eigenvalue weighted by molar-refractivity contribution is 0.545. The van der Waals surface area contributed by atoms with Crippen LogP contribution in [0.3, 0.4) is 0 Å². The molecule has 3 aromatic heterocycles. The van der Waals surface area contributed by atoms with E-state index in [0.29, 0.717) is 0 Å². The highest BCUT2D eigenvalue weighted by Crippen LogP contribution is 2.23. The smallest absolute Gasteiger partial charge is 0.152 e. The molecule has 3 heterocycles. The third-order valence-corrected chi connectivity index (χ3v) is 4.68. The van der Waals surface area contributed by atoms with E-state index >= 15 is 0 Å². The lowest BCUT2D eigenvalue weighted by atomic mass is 10.2. The van der Waals surface area contributed by atoms with Crippen LogP contribution in [-0.4, -0.2) is 21.7 Å². The second-order valence-electron chi connectivity index (χ2n) is 5.35. The summed E-state index contributed by atoms with van der Waals surface area (Å²) in [5.41, 5.74) is 3.22. The molecule has 0 fully saturated rings. The molecule has 0 unspecified atom stereocenters. The van der Waals surface area contributed by atoms with Gasteiger partial charge in [-0.2, -0.15) is 5.10 Å². The number of rotatable bonds is 6. The van der Waals surface area contributed by atoms with Crippen LogP contribution in [0.5, 0.6) is 0 Å². The molecular formula is C16H20N4OS. The Morgan fingerprint density at radius 2 is 2.14 bits per heavy atom. The number of H-pyrrole nitrogens is 1. The summed E-state index contributed by atoms with van der Waals surface area (Å²) >= 11 is 1.78. The number of thiazole rings is 1. The molecule has 0 aliphatic carbocycles. The molecular weight excluding hydrogens is 296 g/mol. The first-order chi connectivity index (χ1) is 10.6. The molecule has 2 N–H and O–H groups in total. The van der Waals surface area contributed by atoms with Crippen molar-refractivity contribution >= 4 is 11.3 Å². The number of nitrogens with one attached hydrogen (secondary N) is 2. The van der Waals surface area contributed by atoms with Gasteiger partial charge in [0.25, 0.3) is 0 Å². The van der Waals surface area contributed by atoms with Gasteiger partial charge in [0.15, 0.2) is 5.76 Å². The van der Waals surface area contributed by atoms with Crippen LogP contribution in [0.15, 0.2) is 22.7 Å². The molecule has 0 aliphatic rings. The quantitative estimate of drug-likeness (QED) is 0.684. The van der Waals surface area contributed by atoms with E-state index < -0.39 is 0 Å². The van der Waals surface area contributed by atoms with Crippen molar-refractivity contribution in [2.24, 2.45) is 0 Å². The molecule has 0 saturated carbocycles. The van der Waals surface area contributed by atoms with Crippen LogP contribution in [0.4, 0.5) is 0 Å². The van der Waals surface area contributed by atoms with E-state index in [4.69, 9.17) is 4.42 Å². The Morgan fingerprint density at radius 1 is 1.27 bits per heavy atom. The molecule has 0 saturated heterocycles. The zero-order valence-electron chi connectivity index (χ0n) is 13.1. The molecule has 0 radical (unpaired) electrons. The highest BCUT2D eigenvalue weighted by Gasteiger charge is 2.11.